The topological polar surface area (TPSA) is 25.2 Å². The van der Waals surface area contributed by atoms with Gasteiger partial charge in [0.05, 0.1) is 6.54 Å². The Balaban J connectivity index is 1.51. The molecule has 1 N–H and O–H groups in total. The molecule has 21 heavy (non-hydrogen) atoms. The second-order valence-corrected chi connectivity index (χ2v) is 7.00. The number of anilines is 1. The third kappa shape index (κ3) is 4.07. The molecule has 0 aliphatic heterocycles. The van der Waals surface area contributed by atoms with E-state index in [9.17, 15) is 0 Å². The summed E-state index contributed by atoms with van der Waals surface area (Å²) >= 11 is 2.03. The molecule has 1 aromatic heterocycles. The summed E-state index contributed by atoms with van der Waals surface area (Å²) in [7, 11) is 0. The molecule has 0 atom stereocenters. The second kappa shape index (κ2) is 7.08. The van der Waals surface area contributed by atoms with E-state index in [1.165, 1.54) is 30.6 Å². The molecule has 0 spiro atoms. The molecule has 3 rings (SSSR count). The van der Waals surface area contributed by atoms with Gasteiger partial charge >= 0.3 is 0 Å². The number of nitrogens with one attached hydrogen (secondary N) is 1. The summed E-state index contributed by atoms with van der Waals surface area (Å²) in [5, 5.41) is 4.25. The highest BCUT2D eigenvalue weighted by molar-refractivity contribution is 8.00. The monoisotopic (exact) mass is 301 g/mol. The van der Waals surface area contributed by atoms with Crippen molar-refractivity contribution in [1.82, 2.24) is 0 Å². The van der Waals surface area contributed by atoms with Gasteiger partial charge in [0.1, 0.15) is 11.5 Å². The van der Waals surface area contributed by atoms with Crippen LogP contribution in [0.1, 0.15) is 44.1 Å². The molecule has 3 heteroatoms. The predicted octanol–water partition coefficient (Wildman–Crippen LogP) is 5.49. The molecule has 0 radical (unpaired) electrons. The second-order valence-electron chi connectivity index (χ2n) is 5.62. The Morgan fingerprint density at radius 3 is 2.43 bits per heavy atom. The van der Waals surface area contributed by atoms with Crippen LogP contribution in [0.25, 0.3) is 0 Å². The lowest BCUT2D eigenvalue weighted by Crippen LogP contribution is -1.98. The number of benzene rings is 1. The molecule has 2 nitrogen and oxygen atoms in total. The lowest BCUT2D eigenvalue weighted by Gasteiger charge is -2.10. The quantitative estimate of drug-likeness (QED) is 0.764. The maximum absolute atomic E-state index is 5.70. The average Bonchev–Trinajstić information content (AvgIpc) is 3.18. The van der Waals surface area contributed by atoms with Crippen LogP contribution < -0.4 is 5.32 Å². The summed E-state index contributed by atoms with van der Waals surface area (Å²) in [6.45, 7) is 2.85. The lowest BCUT2D eigenvalue weighted by molar-refractivity contribution is 0.476. The van der Waals surface area contributed by atoms with E-state index in [1.54, 1.807) is 0 Å². The van der Waals surface area contributed by atoms with Crippen molar-refractivity contribution in [3.05, 3.63) is 47.9 Å². The van der Waals surface area contributed by atoms with Gasteiger partial charge in [0.25, 0.3) is 0 Å². The van der Waals surface area contributed by atoms with Crippen LogP contribution in [-0.2, 0) is 13.0 Å². The average molecular weight is 301 g/mol. The minimum Gasteiger partial charge on any atom is -0.464 e. The van der Waals surface area contributed by atoms with Gasteiger partial charge in [-0.15, -0.1) is 11.8 Å². The summed E-state index contributed by atoms with van der Waals surface area (Å²) in [5.41, 5.74) is 1.15. The van der Waals surface area contributed by atoms with Gasteiger partial charge in [-0.25, -0.2) is 0 Å². The normalized spacial score (nSPS) is 15.5. The van der Waals surface area contributed by atoms with Crippen molar-refractivity contribution in [1.29, 1.82) is 0 Å². The Hall–Kier alpha value is -1.35. The van der Waals surface area contributed by atoms with Crippen LogP contribution in [-0.4, -0.2) is 5.25 Å². The number of aryl methyl sites for hydroxylation is 1. The Bertz CT molecular complexity index is 555. The van der Waals surface area contributed by atoms with E-state index in [2.05, 4.69) is 48.6 Å². The highest BCUT2D eigenvalue weighted by atomic mass is 32.2. The number of furan rings is 1. The van der Waals surface area contributed by atoms with Crippen molar-refractivity contribution >= 4 is 17.4 Å². The van der Waals surface area contributed by atoms with Crippen LogP contribution in [0.4, 0.5) is 5.69 Å². The van der Waals surface area contributed by atoms with E-state index in [-0.39, 0.29) is 0 Å². The van der Waals surface area contributed by atoms with Crippen LogP contribution in [0, 0.1) is 0 Å². The molecule has 1 aliphatic rings. The Morgan fingerprint density at radius 2 is 1.76 bits per heavy atom. The standard InChI is InChI=1S/C18H23NOS/c1-2-15-9-10-16(20-15)13-19-14-7-11-18(12-8-14)21-17-5-3-4-6-17/h7-12,17,19H,2-6,13H2,1H3. The van der Waals surface area contributed by atoms with E-state index < -0.39 is 0 Å². The van der Waals surface area contributed by atoms with Gasteiger partial charge in [-0.2, -0.15) is 0 Å². The third-order valence-corrected chi connectivity index (χ3v) is 5.34. The molecule has 1 heterocycles. The van der Waals surface area contributed by atoms with Gasteiger partial charge in [-0.3, -0.25) is 0 Å². The van der Waals surface area contributed by atoms with Crippen molar-refractivity contribution in [2.75, 3.05) is 5.32 Å². The van der Waals surface area contributed by atoms with Crippen molar-refractivity contribution in [2.24, 2.45) is 0 Å². The van der Waals surface area contributed by atoms with Gasteiger partial charge < -0.3 is 9.73 Å². The molecule has 1 saturated carbocycles. The van der Waals surface area contributed by atoms with Crippen molar-refractivity contribution in [3.63, 3.8) is 0 Å². The van der Waals surface area contributed by atoms with Crippen LogP contribution in [0.3, 0.4) is 0 Å². The largest absolute Gasteiger partial charge is 0.464 e. The molecule has 0 unspecified atom stereocenters. The van der Waals surface area contributed by atoms with Gasteiger partial charge in [-0.05, 0) is 49.2 Å². The fraction of sp³-hybridized carbons (Fsp3) is 0.444. The first kappa shape index (κ1) is 14.6. The molecule has 0 amide bonds. The molecule has 2 aromatic rings. The zero-order valence-corrected chi connectivity index (χ0v) is 13.4. The number of rotatable bonds is 6. The molecule has 0 bridgehead atoms. The molecular weight excluding hydrogens is 278 g/mol. The fourth-order valence-electron chi connectivity index (χ4n) is 2.75. The minimum atomic E-state index is 0.745. The molecule has 1 fully saturated rings. The van der Waals surface area contributed by atoms with Gasteiger partial charge in [0.15, 0.2) is 0 Å². The number of hydrogen-bond acceptors (Lipinski definition) is 3. The summed E-state index contributed by atoms with van der Waals surface area (Å²) in [5.74, 6) is 2.05. The third-order valence-electron chi connectivity index (χ3n) is 3.99. The summed E-state index contributed by atoms with van der Waals surface area (Å²) in [6.07, 6.45) is 6.51. The van der Waals surface area contributed by atoms with Crippen molar-refractivity contribution < 1.29 is 4.42 Å². The van der Waals surface area contributed by atoms with Crippen LogP contribution >= 0.6 is 11.8 Å². The van der Waals surface area contributed by atoms with Gasteiger partial charge in [-0.1, -0.05) is 19.8 Å². The zero-order valence-electron chi connectivity index (χ0n) is 12.6. The molecule has 112 valence electrons. The van der Waals surface area contributed by atoms with Gasteiger partial charge in [0, 0.05) is 22.3 Å². The summed E-state index contributed by atoms with van der Waals surface area (Å²) in [6, 6.07) is 12.9. The summed E-state index contributed by atoms with van der Waals surface area (Å²) in [4.78, 5) is 1.39. The molecule has 1 aromatic carbocycles. The zero-order chi connectivity index (χ0) is 14.5. The predicted molar refractivity (Wildman–Crippen MR) is 90.0 cm³/mol. The Morgan fingerprint density at radius 1 is 1.05 bits per heavy atom. The SMILES string of the molecule is CCc1ccc(CNc2ccc(SC3CCCC3)cc2)o1. The van der Waals surface area contributed by atoms with E-state index in [4.69, 9.17) is 4.42 Å². The Labute approximate surface area is 131 Å². The minimum absolute atomic E-state index is 0.745. The number of hydrogen-bond donors (Lipinski definition) is 1. The summed E-state index contributed by atoms with van der Waals surface area (Å²) < 4.78 is 5.70. The maximum atomic E-state index is 5.70. The maximum Gasteiger partial charge on any atom is 0.123 e. The van der Waals surface area contributed by atoms with E-state index >= 15 is 0 Å². The van der Waals surface area contributed by atoms with Gasteiger partial charge in [0.2, 0.25) is 0 Å². The van der Waals surface area contributed by atoms with E-state index in [1.807, 2.05) is 11.8 Å². The van der Waals surface area contributed by atoms with E-state index in [0.29, 0.717) is 0 Å². The lowest BCUT2D eigenvalue weighted by atomic mass is 10.3. The fourth-order valence-corrected chi connectivity index (χ4v) is 3.99. The Kier molecular flexibility index (Phi) is 4.91. The smallest absolute Gasteiger partial charge is 0.123 e. The van der Waals surface area contributed by atoms with Crippen LogP contribution in [0.5, 0.6) is 0 Å². The van der Waals surface area contributed by atoms with Crippen molar-refractivity contribution in [3.8, 4) is 0 Å². The first-order chi connectivity index (χ1) is 10.3. The number of thioether (sulfide) groups is 1. The first-order valence-electron chi connectivity index (χ1n) is 7.91. The molecule has 0 saturated heterocycles. The first-order valence-corrected chi connectivity index (χ1v) is 8.79. The highest BCUT2D eigenvalue weighted by Gasteiger charge is 2.15. The van der Waals surface area contributed by atoms with Crippen LogP contribution in [0.15, 0.2) is 45.7 Å². The van der Waals surface area contributed by atoms with Crippen LogP contribution in [0.2, 0.25) is 0 Å². The van der Waals surface area contributed by atoms with E-state index in [0.717, 1.165) is 35.4 Å². The van der Waals surface area contributed by atoms with Crippen molar-refractivity contribution in [2.45, 2.75) is 55.7 Å². The highest BCUT2D eigenvalue weighted by Crippen LogP contribution is 2.34. The molecule has 1 aliphatic carbocycles. The molecular formula is C18H23NOS.